The van der Waals surface area contributed by atoms with E-state index in [9.17, 15) is 9.59 Å². The standard InChI is InChI=1S/C15H18ClN5O2/c1-2-14(22)18-13-9-21(20-19-13)10-15(23)17-8-7-11-3-5-12(16)6-4-11/h3-6,9H,2,7-8,10H2,1H3,(H,17,23)(H,18,22). The highest BCUT2D eigenvalue weighted by molar-refractivity contribution is 6.30. The lowest BCUT2D eigenvalue weighted by Crippen LogP contribution is -2.29. The van der Waals surface area contributed by atoms with Crippen molar-refractivity contribution in [3.05, 3.63) is 41.0 Å². The first kappa shape index (κ1) is 17.0. The minimum absolute atomic E-state index is 0.0512. The molecule has 23 heavy (non-hydrogen) atoms. The zero-order valence-corrected chi connectivity index (χ0v) is 13.5. The van der Waals surface area contributed by atoms with E-state index in [0.29, 0.717) is 23.8 Å². The Labute approximate surface area is 139 Å². The van der Waals surface area contributed by atoms with E-state index >= 15 is 0 Å². The SMILES string of the molecule is CCC(=O)Nc1cn(CC(=O)NCCc2ccc(Cl)cc2)nn1. The summed E-state index contributed by atoms with van der Waals surface area (Å²) in [5.74, 6) is 0.0208. The average Bonchev–Trinajstić information content (AvgIpc) is 2.96. The first-order chi connectivity index (χ1) is 11.1. The number of hydrogen-bond acceptors (Lipinski definition) is 4. The number of anilines is 1. The summed E-state index contributed by atoms with van der Waals surface area (Å²) < 4.78 is 1.38. The summed E-state index contributed by atoms with van der Waals surface area (Å²) in [6, 6.07) is 7.49. The molecule has 0 atom stereocenters. The van der Waals surface area contributed by atoms with Crippen molar-refractivity contribution in [2.24, 2.45) is 0 Å². The maximum atomic E-state index is 11.8. The molecular weight excluding hydrogens is 318 g/mol. The third-order valence-corrected chi connectivity index (χ3v) is 3.33. The molecule has 1 aromatic heterocycles. The second-order valence-corrected chi connectivity index (χ2v) is 5.37. The van der Waals surface area contributed by atoms with Crippen molar-refractivity contribution >= 4 is 29.2 Å². The number of aromatic nitrogens is 3. The summed E-state index contributed by atoms with van der Waals surface area (Å²) >= 11 is 5.82. The highest BCUT2D eigenvalue weighted by Crippen LogP contribution is 2.09. The predicted molar refractivity (Wildman–Crippen MR) is 87.1 cm³/mol. The van der Waals surface area contributed by atoms with E-state index < -0.39 is 0 Å². The van der Waals surface area contributed by atoms with Crippen LogP contribution >= 0.6 is 11.6 Å². The Kier molecular flexibility index (Phi) is 6.10. The number of benzene rings is 1. The Morgan fingerprint density at radius 1 is 1.22 bits per heavy atom. The van der Waals surface area contributed by atoms with Gasteiger partial charge in [-0.15, -0.1) is 5.10 Å². The van der Waals surface area contributed by atoms with Crippen LogP contribution in [0.25, 0.3) is 0 Å². The van der Waals surface area contributed by atoms with Gasteiger partial charge in [-0.05, 0) is 24.1 Å². The fourth-order valence-electron chi connectivity index (χ4n) is 1.86. The van der Waals surface area contributed by atoms with E-state index in [0.717, 1.165) is 12.0 Å². The molecule has 1 heterocycles. The molecule has 0 saturated heterocycles. The molecule has 1 aromatic carbocycles. The Balaban J connectivity index is 1.74. The van der Waals surface area contributed by atoms with Gasteiger partial charge in [0.15, 0.2) is 5.82 Å². The van der Waals surface area contributed by atoms with Gasteiger partial charge in [0.25, 0.3) is 0 Å². The van der Waals surface area contributed by atoms with Crippen LogP contribution in [-0.4, -0.2) is 33.4 Å². The molecule has 0 unspecified atom stereocenters. The molecule has 122 valence electrons. The van der Waals surface area contributed by atoms with Crippen LogP contribution in [0.2, 0.25) is 5.02 Å². The fraction of sp³-hybridized carbons (Fsp3) is 0.333. The quantitative estimate of drug-likeness (QED) is 0.805. The third kappa shape index (κ3) is 5.71. The van der Waals surface area contributed by atoms with E-state index in [4.69, 9.17) is 11.6 Å². The molecule has 0 aliphatic heterocycles. The number of hydrogen-bond donors (Lipinski definition) is 2. The predicted octanol–water partition coefficient (Wildman–Crippen LogP) is 1.64. The summed E-state index contributed by atoms with van der Waals surface area (Å²) in [7, 11) is 0. The summed E-state index contributed by atoms with van der Waals surface area (Å²) in [6.07, 6.45) is 2.60. The van der Waals surface area contributed by atoms with Gasteiger partial charge >= 0.3 is 0 Å². The second kappa shape index (κ2) is 8.28. The average molecular weight is 336 g/mol. The maximum Gasteiger partial charge on any atom is 0.241 e. The van der Waals surface area contributed by atoms with Crippen LogP contribution in [0.15, 0.2) is 30.5 Å². The highest BCUT2D eigenvalue weighted by Gasteiger charge is 2.07. The van der Waals surface area contributed by atoms with Crippen molar-refractivity contribution in [3.63, 3.8) is 0 Å². The summed E-state index contributed by atoms with van der Waals surface area (Å²) in [6.45, 7) is 2.32. The number of halogens is 1. The van der Waals surface area contributed by atoms with Gasteiger partial charge in [-0.2, -0.15) is 0 Å². The van der Waals surface area contributed by atoms with Gasteiger partial charge in [0, 0.05) is 18.0 Å². The lowest BCUT2D eigenvalue weighted by molar-refractivity contribution is -0.121. The Bertz CT molecular complexity index is 669. The van der Waals surface area contributed by atoms with E-state index in [2.05, 4.69) is 20.9 Å². The number of nitrogens with zero attached hydrogens (tertiary/aromatic N) is 3. The van der Waals surface area contributed by atoms with Crippen molar-refractivity contribution in [2.45, 2.75) is 26.3 Å². The highest BCUT2D eigenvalue weighted by atomic mass is 35.5. The van der Waals surface area contributed by atoms with Gasteiger partial charge in [0.1, 0.15) is 6.54 Å². The third-order valence-electron chi connectivity index (χ3n) is 3.08. The van der Waals surface area contributed by atoms with Crippen LogP contribution in [0.1, 0.15) is 18.9 Å². The Hall–Kier alpha value is -2.41. The minimum Gasteiger partial charge on any atom is -0.354 e. The normalized spacial score (nSPS) is 10.3. The molecule has 7 nitrogen and oxygen atoms in total. The van der Waals surface area contributed by atoms with Crippen LogP contribution in [0.3, 0.4) is 0 Å². The molecular formula is C15H18ClN5O2. The van der Waals surface area contributed by atoms with Gasteiger partial charge in [0.05, 0.1) is 6.20 Å². The van der Waals surface area contributed by atoms with Crippen LogP contribution in [0.5, 0.6) is 0 Å². The first-order valence-corrected chi connectivity index (χ1v) is 7.65. The number of rotatable bonds is 7. The van der Waals surface area contributed by atoms with E-state index in [1.165, 1.54) is 10.9 Å². The van der Waals surface area contributed by atoms with Gasteiger partial charge in [-0.1, -0.05) is 35.9 Å². The Morgan fingerprint density at radius 3 is 2.65 bits per heavy atom. The van der Waals surface area contributed by atoms with E-state index in [1.807, 2.05) is 24.3 Å². The van der Waals surface area contributed by atoms with Gasteiger partial charge in [-0.25, -0.2) is 4.68 Å². The fourth-order valence-corrected chi connectivity index (χ4v) is 1.99. The number of amides is 2. The molecule has 0 spiro atoms. The van der Waals surface area contributed by atoms with Crippen molar-refractivity contribution in [3.8, 4) is 0 Å². The largest absolute Gasteiger partial charge is 0.354 e. The second-order valence-electron chi connectivity index (χ2n) is 4.93. The summed E-state index contributed by atoms with van der Waals surface area (Å²) in [5.41, 5.74) is 1.10. The van der Waals surface area contributed by atoms with E-state index in [-0.39, 0.29) is 18.4 Å². The molecule has 2 aromatic rings. The molecule has 0 aliphatic rings. The number of nitrogens with one attached hydrogen (secondary N) is 2. The Morgan fingerprint density at radius 2 is 1.96 bits per heavy atom. The zero-order valence-electron chi connectivity index (χ0n) is 12.8. The van der Waals surface area contributed by atoms with Gasteiger partial charge < -0.3 is 10.6 Å². The lowest BCUT2D eigenvalue weighted by atomic mass is 10.1. The van der Waals surface area contributed by atoms with Crippen LogP contribution < -0.4 is 10.6 Å². The molecule has 2 N–H and O–H groups in total. The minimum atomic E-state index is -0.169. The smallest absolute Gasteiger partial charge is 0.241 e. The molecule has 0 radical (unpaired) electrons. The molecule has 0 saturated carbocycles. The topological polar surface area (TPSA) is 88.9 Å². The lowest BCUT2D eigenvalue weighted by Gasteiger charge is -2.05. The molecule has 2 rings (SSSR count). The molecule has 8 heteroatoms. The van der Waals surface area contributed by atoms with Crippen LogP contribution in [0, 0.1) is 0 Å². The summed E-state index contributed by atoms with van der Waals surface area (Å²) in [4.78, 5) is 23.1. The molecule has 0 fully saturated rings. The van der Waals surface area contributed by atoms with Gasteiger partial charge in [-0.3, -0.25) is 9.59 Å². The van der Waals surface area contributed by atoms with Crippen molar-refractivity contribution in [2.75, 3.05) is 11.9 Å². The van der Waals surface area contributed by atoms with Crippen molar-refractivity contribution in [1.29, 1.82) is 0 Å². The van der Waals surface area contributed by atoms with Crippen molar-refractivity contribution in [1.82, 2.24) is 20.3 Å². The molecule has 0 aliphatic carbocycles. The van der Waals surface area contributed by atoms with Crippen LogP contribution in [0.4, 0.5) is 5.82 Å². The summed E-state index contributed by atoms with van der Waals surface area (Å²) in [5, 5.41) is 13.7. The molecule has 2 amide bonds. The maximum absolute atomic E-state index is 11.8. The number of carbonyl (C=O) groups is 2. The molecule has 0 bridgehead atoms. The monoisotopic (exact) mass is 335 g/mol. The van der Waals surface area contributed by atoms with Crippen LogP contribution in [-0.2, 0) is 22.6 Å². The number of carbonyl (C=O) groups excluding carboxylic acids is 2. The first-order valence-electron chi connectivity index (χ1n) is 7.28. The van der Waals surface area contributed by atoms with E-state index in [1.54, 1.807) is 6.92 Å². The van der Waals surface area contributed by atoms with Crippen molar-refractivity contribution < 1.29 is 9.59 Å². The van der Waals surface area contributed by atoms with Gasteiger partial charge in [0.2, 0.25) is 11.8 Å². The zero-order chi connectivity index (χ0) is 16.7.